The fourth-order valence-corrected chi connectivity index (χ4v) is 8.06. The SMILES string of the molecule is c1ccc(-c2ccc(N3c4ccccc4Oc4cc(-c5ccc6c7ccccc7n(-c7nc(-c8ccccc8)cc(-c8ccccc8)n7)c6c5)ccc43)cc2)cc1. The van der Waals surface area contributed by atoms with Crippen LogP contribution in [-0.4, -0.2) is 14.5 Å². The maximum Gasteiger partial charge on any atom is 0.235 e. The van der Waals surface area contributed by atoms with Crippen LogP contribution in [0, 0.1) is 0 Å². The first-order chi connectivity index (χ1) is 28.2. The number of aromatic nitrogens is 3. The molecular formula is C52H34N4O. The van der Waals surface area contributed by atoms with E-state index in [1.54, 1.807) is 0 Å². The molecule has 1 aliphatic heterocycles. The first kappa shape index (κ1) is 32.7. The number of ether oxygens (including phenoxy) is 1. The average Bonchev–Trinajstić information content (AvgIpc) is 3.62. The van der Waals surface area contributed by atoms with Crippen LogP contribution in [0.1, 0.15) is 0 Å². The minimum absolute atomic E-state index is 0.623. The molecule has 3 heterocycles. The second kappa shape index (κ2) is 13.5. The largest absolute Gasteiger partial charge is 0.453 e. The fourth-order valence-electron chi connectivity index (χ4n) is 8.06. The van der Waals surface area contributed by atoms with Gasteiger partial charge in [0.2, 0.25) is 5.95 Å². The zero-order valence-corrected chi connectivity index (χ0v) is 30.8. The van der Waals surface area contributed by atoms with Gasteiger partial charge in [0.1, 0.15) is 0 Å². The predicted molar refractivity (Wildman–Crippen MR) is 233 cm³/mol. The monoisotopic (exact) mass is 730 g/mol. The first-order valence-corrected chi connectivity index (χ1v) is 19.2. The number of nitrogens with zero attached hydrogens (tertiary/aromatic N) is 4. The van der Waals surface area contributed by atoms with E-state index in [1.807, 2.05) is 54.6 Å². The zero-order chi connectivity index (χ0) is 37.7. The molecule has 0 unspecified atom stereocenters. The van der Waals surface area contributed by atoms with Gasteiger partial charge in [0, 0.05) is 27.6 Å². The lowest BCUT2D eigenvalue weighted by atomic mass is 10.0. The summed E-state index contributed by atoms with van der Waals surface area (Å²) in [5.41, 5.74) is 13.4. The lowest BCUT2D eigenvalue weighted by Crippen LogP contribution is -2.15. The van der Waals surface area contributed by atoms with E-state index in [-0.39, 0.29) is 0 Å². The summed E-state index contributed by atoms with van der Waals surface area (Å²) in [6, 6.07) is 71.9. The molecule has 0 atom stereocenters. The van der Waals surface area contributed by atoms with Crippen LogP contribution in [0.4, 0.5) is 17.1 Å². The summed E-state index contributed by atoms with van der Waals surface area (Å²) < 4.78 is 8.86. The molecule has 0 fully saturated rings. The van der Waals surface area contributed by atoms with E-state index >= 15 is 0 Å². The average molecular weight is 731 g/mol. The van der Waals surface area contributed by atoms with Gasteiger partial charge in [0.25, 0.3) is 0 Å². The molecule has 0 saturated carbocycles. The van der Waals surface area contributed by atoms with Crippen molar-refractivity contribution in [1.82, 2.24) is 14.5 Å². The summed E-state index contributed by atoms with van der Waals surface area (Å²) in [6.07, 6.45) is 0. The van der Waals surface area contributed by atoms with Crippen LogP contribution in [0.25, 0.3) is 72.5 Å². The number of hydrogen-bond acceptors (Lipinski definition) is 4. The van der Waals surface area contributed by atoms with Gasteiger partial charge >= 0.3 is 0 Å². The third kappa shape index (κ3) is 5.72. The van der Waals surface area contributed by atoms with E-state index in [9.17, 15) is 0 Å². The molecule has 1 aliphatic rings. The van der Waals surface area contributed by atoms with Crippen molar-refractivity contribution in [2.75, 3.05) is 4.90 Å². The highest BCUT2D eigenvalue weighted by molar-refractivity contribution is 6.10. The molecule has 8 aromatic carbocycles. The van der Waals surface area contributed by atoms with Crippen molar-refractivity contribution < 1.29 is 4.74 Å². The molecule has 0 amide bonds. The van der Waals surface area contributed by atoms with E-state index in [0.29, 0.717) is 5.95 Å². The molecule has 0 bridgehead atoms. The fraction of sp³-hybridized carbons (Fsp3) is 0. The Morgan fingerprint density at radius 1 is 0.351 bits per heavy atom. The number of para-hydroxylation sites is 3. The van der Waals surface area contributed by atoms with Crippen molar-refractivity contribution in [3.63, 3.8) is 0 Å². The minimum Gasteiger partial charge on any atom is -0.453 e. The van der Waals surface area contributed by atoms with Crippen molar-refractivity contribution in [3.8, 4) is 62.2 Å². The smallest absolute Gasteiger partial charge is 0.235 e. The van der Waals surface area contributed by atoms with E-state index in [0.717, 1.165) is 84.0 Å². The third-order valence-corrected chi connectivity index (χ3v) is 10.8. The van der Waals surface area contributed by atoms with E-state index < -0.39 is 0 Å². The van der Waals surface area contributed by atoms with Gasteiger partial charge in [-0.1, -0.05) is 152 Å². The molecule has 0 N–H and O–H groups in total. The van der Waals surface area contributed by atoms with Gasteiger partial charge < -0.3 is 9.64 Å². The van der Waals surface area contributed by atoms with Crippen molar-refractivity contribution in [2.24, 2.45) is 0 Å². The number of fused-ring (bicyclic) bond motifs is 5. The number of anilines is 3. The second-order valence-electron chi connectivity index (χ2n) is 14.3. The molecule has 0 saturated heterocycles. The lowest BCUT2D eigenvalue weighted by Gasteiger charge is -2.33. The highest BCUT2D eigenvalue weighted by Crippen LogP contribution is 2.51. The molecule has 10 aromatic rings. The van der Waals surface area contributed by atoms with Crippen LogP contribution in [0.15, 0.2) is 206 Å². The van der Waals surface area contributed by atoms with Gasteiger partial charge in [-0.2, -0.15) is 0 Å². The van der Waals surface area contributed by atoms with Gasteiger partial charge in [-0.3, -0.25) is 4.57 Å². The van der Waals surface area contributed by atoms with Crippen LogP contribution in [-0.2, 0) is 0 Å². The number of rotatable bonds is 6. The molecule has 268 valence electrons. The zero-order valence-electron chi connectivity index (χ0n) is 30.8. The summed E-state index contributed by atoms with van der Waals surface area (Å²) in [5.74, 6) is 2.23. The minimum atomic E-state index is 0.623. The predicted octanol–water partition coefficient (Wildman–Crippen LogP) is 13.8. The van der Waals surface area contributed by atoms with E-state index in [4.69, 9.17) is 14.7 Å². The second-order valence-corrected chi connectivity index (χ2v) is 14.3. The maximum atomic E-state index is 6.66. The molecule has 0 spiro atoms. The molecule has 11 rings (SSSR count). The lowest BCUT2D eigenvalue weighted by molar-refractivity contribution is 0.477. The van der Waals surface area contributed by atoms with Gasteiger partial charge in [0.15, 0.2) is 11.5 Å². The Hall–Kier alpha value is -7.76. The molecule has 5 heteroatoms. The molecule has 0 aliphatic carbocycles. The quantitative estimate of drug-likeness (QED) is 0.171. The molecule has 2 aromatic heterocycles. The Labute approximate surface area is 330 Å². The van der Waals surface area contributed by atoms with Crippen LogP contribution >= 0.6 is 0 Å². The number of hydrogen-bond donors (Lipinski definition) is 0. The number of benzene rings is 8. The Morgan fingerprint density at radius 3 is 1.60 bits per heavy atom. The summed E-state index contributed by atoms with van der Waals surface area (Å²) in [6.45, 7) is 0. The van der Waals surface area contributed by atoms with Crippen molar-refractivity contribution in [2.45, 2.75) is 0 Å². The first-order valence-electron chi connectivity index (χ1n) is 19.2. The van der Waals surface area contributed by atoms with Crippen molar-refractivity contribution in [3.05, 3.63) is 206 Å². The maximum absolute atomic E-state index is 6.66. The van der Waals surface area contributed by atoms with Gasteiger partial charge in [-0.15, -0.1) is 0 Å². The van der Waals surface area contributed by atoms with Gasteiger partial charge in [0.05, 0.1) is 33.8 Å². The van der Waals surface area contributed by atoms with Gasteiger partial charge in [-0.05, 0) is 76.9 Å². The molecule has 0 radical (unpaired) electrons. The molecule has 5 nitrogen and oxygen atoms in total. The summed E-state index contributed by atoms with van der Waals surface area (Å²) in [5, 5.41) is 2.28. The van der Waals surface area contributed by atoms with E-state index in [2.05, 4.69) is 161 Å². The summed E-state index contributed by atoms with van der Waals surface area (Å²) >= 11 is 0. The van der Waals surface area contributed by atoms with Crippen molar-refractivity contribution >= 4 is 38.9 Å². The Morgan fingerprint density at radius 2 is 0.877 bits per heavy atom. The third-order valence-electron chi connectivity index (χ3n) is 10.8. The van der Waals surface area contributed by atoms with Crippen LogP contribution < -0.4 is 9.64 Å². The topological polar surface area (TPSA) is 43.2 Å². The van der Waals surface area contributed by atoms with Crippen molar-refractivity contribution in [1.29, 1.82) is 0 Å². The van der Waals surface area contributed by atoms with Crippen LogP contribution in [0.3, 0.4) is 0 Å². The highest BCUT2D eigenvalue weighted by atomic mass is 16.5. The van der Waals surface area contributed by atoms with Gasteiger partial charge in [-0.25, -0.2) is 9.97 Å². The molecule has 57 heavy (non-hydrogen) atoms. The Kier molecular flexibility index (Phi) is 7.74. The Bertz CT molecular complexity index is 3030. The summed E-state index contributed by atoms with van der Waals surface area (Å²) in [4.78, 5) is 12.8. The van der Waals surface area contributed by atoms with E-state index in [1.165, 1.54) is 11.1 Å². The van der Waals surface area contributed by atoms with Crippen LogP contribution in [0.5, 0.6) is 11.5 Å². The molecular weight excluding hydrogens is 697 g/mol. The summed E-state index contributed by atoms with van der Waals surface area (Å²) in [7, 11) is 0. The van der Waals surface area contributed by atoms with Crippen LogP contribution in [0.2, 0.25) is 0 Å². The highest BCUT2D eigenvalue weighted by Gasteiger charge is 2.26. The standard InChI is InChI=1S/C52H34N4O/c1-4-14-35(15-5-1)36-24-28-41(29-25-36)55-47-22-12-13-23-50(47)57-51-33-40(27-31-48(51)55)39-26-30-43-42-20-10-11-21-46(42)56(49(43)32-39)52-53-44(37-16-6-2-7-17-37)34-45(54-52)38-18-8-3-9-19-38/h1-34H. The normalized spacial score (nSPS) is 12.0. The Balaban J connectivity index is 1.05.